The highest BCUT2D eigenvalue weighted by molar-refractivity contribution is 7.91. The first-order chi connectivity index (χ1) is 8.92. The Morgan fingerprint density at radius 1 is 1.58 bits per heavy atom. The average molecular weight is 303 g/mol. The Kier molecular flexibility index (Phi) is 3.98. The van der Waals surface area contributed by atoms with Crippen LogP contribution in [0.5, 0.6) is 0 Å². The quantitative estimate of drug-likeness (QED) is 0.903. The highest BCUT2D eigenvalue weighted by Gasteiger charge is 2.47. The maximum absolute atomic E-state index is 12.4. The smallest absolute Gasteiger partial charge is 0.311 e. The second-order valence-electron chi connectivity index (χ2n) is 4.86. The van der Waals surface area contributed by atoms with Gasteiger partial charge < -0.3 is 5.11 Å². The highest BCUT2D eigenvalue weighted by Crippen LogP contribution is 2.38. The predicted octanol–water partition coefficient (Wildman–Crippen LogP) is 2.01. The minimum absolute atomic E-state index is 0.0798. The fourth-order valence-corrected chi connectivity index (χ4v) is 5.21. The Balaban J connectivity index is 2.25. The summed E-state index contributed by atoms with van der Waals surface area (Å²) >= 11 is 1.16. The van der Waals surface area contributed by atoms with Crippen molar-refractivity contribution in [1.29, 1.82) is 0 Å². The first kappa shape index (κ1) is 14.5. The molecule has 1 N–H and O–H groups in total. The van der Waals surface area contributed by atoms with Crippen molar-refractivity contribution < 1.29 is 18.3 Å². The van der Waals surface area contributed by atoms with Crippen LogP contribution in [0.1, 0.15) is 26.2 Å². The van der Waals surface area contributed by atoms with Gasteiger partial charge in [0.25, 0.3) is 10.0 Å². The summed E-state index contributed by atoms with van der Waals surface area (Å²) in [5, 5.41) is 11.1. The summed E-state index contributed by atoms with van der Waals surface area (Å²) in [5.74, 6) is -0.891. The monoisotopic (exact) mass is 303 g/mol. The number of hydrogen-bond donors (Lipinski definition) is 1. The van der Waals surface area contributed by atoms with Gasteiger partial charge in [-0.25, -0.2) is 8.42 Å². The maximum atomic E-state index is 12.4. The van der Waals surface area contributed by atoms with Crippen LogP contribution in [-0.4, -0.2) is 36.9 Å². The van der Waals surface area contributed by atoms with Gasteiger partial charge in [0.05, 0.1) is 5.41 Å². The summed E-state index contributed by atoms with van der Waals surface area (Å²) in [6.45, 7) is 2.28. The van der Waals surface area contributed by atoms with Crippen molar-refractivity contribution in [3.8, 4) is 0 Å². The molecular weight excluding hydrogens is 286 g/mol. The number of nitrogens with zero attached hydrogens (tertiary/aromatic N) is 1. The van der Waals surface area contributed by atoms with Gasteiger partial charge in [0, 0.05) is 13.1 Å². The lowest BCUT2D eigenvalue weighted by atomic mass is 9.83. The van der Waals surface area contributed by atoms with Crippen molar-refractivity contribution in [2.24, 2.45) is 5.41 Å². The minimum Gasteiger partial charge on any atom is -0.481 e. The molecule has 19 heavy (non-hydrogen) atoms. The van der Waals surface area contributed by atoms with E-state index < -0.39 is 21.4 Å². The average Bonchev–Trinajstić information content (AvgIpc) is 2.99. The van der Waals surface area contributed by atoms with Crippen LogP contribution in [0.25, 0.3) is 0 Å². The van der Waals surface area contributed by atoms with Gasteiger partial charge in [0.1, 0.15) is 4.21 Å². The van der Waals surface area contributed by atoms with E-state index in [-0.39, 0.29) is 17.3 Å². The van der Waals surface area contributed by atoms with E-state index in [9.17, 15) is 18.3 Å². The third-order valence-electron chi connectivity index (χ3n) is 3.59. The van der Waals surface area contributed by atoms with Gasteiger partial charge in [-0.2, -0.15) is 4.31 Å². The Morgan fingerprint density at radius 3 is 2.84 bits per heavy atom. The van der Waals surface area contributed by atoms with E-state index in [1.54, 1.807) is 17.5 Å². The van der Waals surface area contributed by atoms with Gasteiger partial charge in [0.15, 0.2) is 0 Å². The summed E-state index contributed by atoms with van der Waals surface area (Å²) in [7, 11) is -3.53. The molecule has 2 rings (SSSR count). The van der Waals surface area contributed by atoms with Crippen molar-refractivity contribution in [2.75, 3.05) is 13.1 Å². The fourth-order valence-electron chi connectivity index (χ4n) is 2.54. The fraction of sp³-hybridized carbons (Fsp3) is 0.583. The molecule has 1 fully saturated rings. The van der Waals surface area contributed by atoms with Crippen LogP contribution in [0.3, 0.4) is 0 Å². The summed E-state index contributed by atoms with van der Waals surface area (Å²) in [5.41, 5.74) is -0.918. The third kappa shape index (κ3) is 2.54. The Hall–Kier alpha value is -0.920. The Morgan fingerprint density at radius 2 is 2.32 bits per heavy atom. The van der Waals surface area contributed by atoms with E-state index in [1.807, 2.05) is 6.92 Å². The van der Waals surface area contributed by atoms with E-state index in [4.69, 9.17) is 0 Å². The summed E-state index contributed by atoms with van der Waals surface area (Å²) in [6, 6.07) is 3.24. The number of carboxylic acid groups (broad SMARTS) is 1. The molecule has 1 saturated heterocycles. The van der Waals surface area contributed by atoms with Crippen LogP contribution in [0, 0.1) is 5.41 Å². The predicted molar refractivity (Wildman–Crippen MR) is 72.7 cm³/mol. The number of aliphatic carboxylic acids is 1. The second kappa shape index (κ2) is 5.22. The number of carbonyl (C=O) groups is 1. The van der Waals surface area contributed by atoms with Crippen molar-refractivity contribution in [1.82, 2.24) is 4.31 Å². The van der Waals surface area contributed by atoms with Crippen LogP contribution in [0.15, 0.2) is 21.7 Å². The molecule has 0 radical (unpaired) electrons. The van der Waals surface area contributed by atoms with E-state index in [0.29, 0.717) is 12.8 Å². The number of carboxylic acids is 1. The molecule has 0 spiro atoms. The number of rotatable bonds is 5. The molecular formula is C12H17NO4S2. The summed E-state index contributed by atoms with van der Waals surface area (Å²) in [4.78, 5) is 11.5. The van der Waals surface area contributed by atoms with Gasteiger partial charge in [0.2, 0.25) is 0 Å². The number of thiophene rings is 1. The van der Waals surface area contributed by atoms with Gasteiger partial charge in [-0.15, -0.1) is 11.3 Å². The van der Waals surface area contributed by atoms with Gasteiger partial charge >= 0.3 is 5.97 Å². The van der Waals surface area contributed by atoms with Crippen LogP contribution >= 0.6 is 11.3 Å². The van der Waals surface area contributed by atoms with Gasteiger partial charge in [-0.05, 0) is 24.3 Å². The van der Waals surface area contributed by atoms with Crippen molar-refractivity contribution in [3.05, 3.63) is 17.5 Å². The molecule has 2 heterocycles. The number of hydrogen-bond acceptors (Lipinski definition) is 4. The standard InChI is InChI=1S/C12H17NO4S2/c1-2-5-12(11(14)15)6-7-13(9-12)19(16,17)10-4-3-8-18-10/h3-4,8H,2,5-7,9H2,1H3,(H,14,15). The van der Waals surface area contributed by atoms with Crippen LogP contribution < -0.4 is 0 Å². The summed E-state index contributed by atoms with van der Waals surface area (Å²) in [6.07, 6.45) is 1.64. The zero-order valence-electron chi connectivity index (χ0n) is 10.7. The van der Waals surface area contributed by atoms with Crippen LogP contribution in [-0.2, 0) is 14.8 Å². The second-order valence-corrected chi connectivity index (χ2v) is 7.97. The zero-order valence-corrected chi connectivity index (χ0v) is 12.3. The lowest BCUT2D eigenvalue weighted by molar-refractivity contribution is -0.148. The van der Waals surface area contributed by atoms with E-state index in [2.05, 4.69) is 0 Å². The van der Waals surface area contributed by atoms with Crippen molar-refractivity contribution in [2.45, 2.75) is 30.4 Å². The van der Waals surface area contributed by atoms with Crippen molar-refractivity contribution in [3.63, 3.8) is 0 Å². The molecule has 106 valence electrons. The van der Waals surface area contributed by atoms with Gasteiger partial charge in [-0.1, -0.05) is 19.4 Å². The zero-order chi connectivity index (χ0) is 14.1. The molecule has 1 aliphatic rings. The molecule has 1 unspecified atom stereocenters. The molecule has 5 nitrogen and oxygen atoms in total. The van der Waals surface area contributed by atoms with E-state index in [1.165, 1.54) is 4.31 Å². The van der Waals surface area contributed by atoms with Crippen molar-refractivity contribution >= 4 is 27.3 Å². The van der Waals surface area contributed by atoms with E-state index >= 15 is 0 Å². The molecule has 1 aliphatic heterocycles. The first-order valence-electron chi connectivity index (χ1n) is 6.19. The lowest BCUT2D eigenvalue weighted by Gasteiger charge is -2.23. The molecule has 0 bridgehead atoms. The molecule has 0 aromatic carbocycles. The van der Waals surface area contributed by atoms with Gasteiger partial charge in [-0.3, -0.25) is 4.79 Å². The summed E-state index contributed by atoms with van der Waals surface area (Å²) < 4.78 is 26.3. The molecule has 1 aromatic rings. The first-order valence-corrected chi connectivity index (χ1v) is 8.51. The Labute approximate surface area is 116 Å². The van der Waals surface area contributed by atoms with Crippen LogP contribution in [0.4, 0.5) is 0 Å². The SMILES string of the molecule is CCCC1(C(=O)O)CCN(S(=O)(=O)c2cccs2)C1. The molecule has 0 saturated carbocycles. The molecule has 7 heteroatoms. The number of sulfonamides is 1. The highest BCUT2D eigenvalue weighted by atomic mass is 32.2. The third-order valence-corrected chi connectivity index (χ3v) is 6.81. The maximum Gasteiger partial charge on any atom is 0.311 e. The molecule has 0 amide bonds. The lowest BCUT2D eigenvalue weighted by Crippen LogP contribution is -2.36. The molecule has 1 atom stereocenters. The largest absolute Gasteiger partial charge is 0.481 e. The molecule has 0 aliphatic carbocycles. The van der Waals surface area contributed by atoms with E-state index in [0.717, 1.165) is 17.8 Å². The topological polar surface area (TPSA) is 74.7 Å². The Bertz CT molecular complexity index is 552. The van der Waals surface area contributed by atoms with Crippen LogP contribution in [0.2, 0.25) is 0 Å². The molecule has 1 aromatic heterocycles. The minimum atomic E-state index is -3.53. The normalized spacial score (nSPS) is 24.7.